The minimum absolute atomic E-state index is 0.0795. The summed E-state index contributed by atoms with van der Waals surface area (Å²) < 4.78 is 3.91. The molecule has 0 atom stereocenters. The number of hydrogen-bond acceptors (Lipinski definition) is 5. The van der Waals surface area contributed by atoms with Crippen LogP contribution in [0.5, 0.6) is 0 Å². The highest BCUT2D eigenvalue weighted by molar-refractivity contribution is 5.69. The molecule has 0 aliphatic carbocycles. The number of aliphatic hydroxyl groups is 3. The van der Waals surface area contributed by atoms with Crippen molar-refractivity contribution in [2.45, 2.75) is 57.5 Å². The average molecular weight is 246 g/mol. The molecular weight excluding hydrogens is 224 g/mol. The van der Waals surface area contributed by atoms with Gasteiger partial charge in [-0.2, -0.15) is 0 Å². The Morgan fingerprint density at radius 1 is 1.06 bits per heavy atom. The van der Waals surface area contributed by atoms with Gasteiger partial charge in [-0.1, -0.05) is 31.8 Å². The summed E-state index contributed by atoms with van der Waals surface area (Å²) in [7, 11) is 0. The predicted octanol–water partition coefficient (Wildman–Crippen LogP) is 1.42. The second-order valence-corrected chi connectivity index (χ2v) is 4.00. The molecule has 0 aliphatic rings. The minimum Gasteiger partial charge on any atom is -0.384 e. The van der Waals surface area contributed by atoms with Crippen LogP contribution in [-0.4, -0.2) is 27.4 Å². The maximum absolute atomic E-state index is 10.9. The lowest BCUT2D eigenvalue weighted by Gasteiger charge is -2.13. The van der Waals surface area contributed by atoms with Crippen LogP contribution in [0.1, 0.15) is 51.4 Å². The highest BCUT2D eigenvalue weighted by atomic mass is 16.9. The molecule has 17 heavy (non-hydrogen) atoms. The molecule has 0 heterocycles. The zero-order valence-electron chi connectivity index (χ0n) is 10.1. The van der Waals surface area contributed by atoms with E-state index in [1.54, 1.807) is 0 Å². The number of hydrogen-bond donors (Lipinski definition) is 3. The molecule has 0 radical (unpaired) electrons. The fraction of sp³-hybridized carbons (Fsp3) is 0.750. The number of rotatable bonds is 10. The Kier molecular flexibility index (Phi) is 8.66. The van der Waals surface area contributed by atoms with Gasteiger partial charge >= 0.3 is 12.1 Å². The van der Waals surface area contributed by atoms with E-state index in [4.69, 9.17) is 15.3 Å². The first-order valence-corrected chi connectivity index (χ1v) is 5.95. The van der Waals surface area contributed by atoms with Crippen molar-refractivity contribution in [3.8, 4) is 0 Å². The normalized spacial score (nSPS) is 11.2. The fourth-order valence-electron chi connectivity index (χ4n) is 1.47. The van der Waals surface area contributed by atoms with E-state index in [2.05, 4.69) is 11.3 Å². The Balaban J connectivity index is 3.28. The summed E-state index contributed by atoms with van der Waals surface area (Å²) in [6.45, 7) is 3.64. The lowest BCUT2D eigenvalue weighted by molar-refractivity contribution is -0.435. The summed E-state index contributed by atoms with van der Waals surface area (Å²) in [6, 6.07) is 0. The highest BCUT2D eigenvalue weighted by Crippen LogP contribution is 2.10. The largest absolute Gasteiger partial charge is 0.455 e. The summed E-state index contributed by atoms with van der Waals surface area (Å²) in [5.41, 5.74) is 0. The number of allylic oxidation sites excluding steroid dienone is 1. The monoisotopic (exact) mass is 246 g/mol. The van der Waals surface area contributed by atoms with Crippen LogP contribution in [0.4, 0.5) is 0 Å². The van der Waals surface area contributed by atoms with Crippen LogP contribution in [0.15, 0.2) is 12.7 Å². The second-order valence-electron chi connectivity index (χ2n) is 4.00. The first kappa shape index (κ1) is 16.1. The Hall–Kier alpha value is -0.910. The molecular formula is C12H22O5. The van der Waals surface area contributed by atoms with Crippen molar-refractivity contribution >= 4 is 5.97 Å². The fourth-order valence-corrected chi connectivity index (χ4v) is 1.47. The third-order valence-corrected chi connectivity index (χ3v) is 2.29. The predicted molar refractivity (Wildman–Crippen MR) is 62.6 cm³/mol. The Morgan fingerprint density at radius 2 is 1.59 bits per heavy atom. The summed E-state index contributed by atoms with van der Waals surface area (Å²) in [5.74, 6) is -0.816. The summed E-state index contributed by atoms with van der Waals surface area (Å²) in [5, 5.41) is 25.1. The van der Waals surface area contributed by atoms with Gasteiger partial charge in [-0.25, -0.2) is 0 Å². The molecule has 0 saturated heterocycles. The van der Waals surface area contributed by atoms with Crippen molar-refractivity contribution in [3.63, 3.8) is 0 Å². The first-order valence-electron chi connectivity index (χ1n) is 5.95. The zero-order chi connectivity index (χ0) is 13.1. The number of carbonyl (C=O) groups excluding carboxylic acids is 1. The molecule has 0 spiro atoms. The van der Waals surface area contributed by atoms with Gasteiger partial charge in [0.1, 0.15) is 0 Å². The van der Waals surface area contributed by atoms with Crippen molar-refractivity contribution in [3.05, 3.63) is 12.7 Å². The maximum atomic E-state index is 10.9. The molecule has 0 aliphatic heterocycles. The lowest BCUT2D eigenvalue weighted by Crippen LogP contribution is -2.33. The molecule has 0 unspecified atom stereocenters. The Bertz CT molecular complexity index is 219. The summed E-state index contributed by atoms with van der Waals surface area (Å²) in [6.07, 6.45) is 5.64. The molecule has 0 rings (SSSR count). The van der Waals surface area contributed by atoms with E-state index in [-0.39, 0.29) is 6.42 Å². The van der Waals surface area contributed by atoms with Gasteiger partial charge in [0.15, 0.2) is 0 Å². The van der Waals surface area contributed by atoms with E-state index in [1.165, 1.54) is 0 Å². The standard InChI is InChI=1S/C12H22O5/c1-2-3-4-5-6-7-8-9-10-11(13)17-12(14,15)16/h2,14-16H,1,3-10H2. The van der Waals surface area contributed by atoms with E-state index in [0.717, 1.165) is 38.5 Å². The summed E-state index contributed by atoms with van der Waals surface area (Å²) in [4.78, 5) is 10.9. The molecule has 5 heteroatoms. The second kappa shape index (κ2) is 9.15. The Labute approximate surface area is 102 Å². The van der Waals surface area contributed by atoms with Gasteiger partial charge in [-0.05, 0) is 19.3 Å². The minimum atomic E-state index is -3.35. The van der Waals surface area contributed by atoms with Gasteiger partial charge < -0.3 is 20.1 Å². The molecule has 0 aromatic heterocycles. The number of carbonyl (C=O) groups is 1. The van der Waals surface area contributed by atoms with Gasteiger partial charge in [0.25, 0.3) is 0 Å². The zero-order valence-corrected chi connectivity index (χ0v) is 10.1. The topological polar surface area (TPSA) is 87.0 Å². The van der Waals surface area contributed by atoms with Crippen LogP contribution in [0.25, 0.3) is 0 Å². The molecule has 0 amide bonds. The van der Waals surface area contributed by atoms with Crippen molar-refractivity contribution in [1.82, 2.24) is 0 Å². The quantitative estimate of drug-likeness (QED) is 0.235. The SMILES string of the molecule is C=CCCCCCCCCC(=O)OC(O)(O)O. The van der Waals surface area contributed by atoms with E-state index < -0.39 is 12.1 Å². The molecule has 0 saturated carbocycles. The van der Waals surface area contributed by atoms with E-state index >= 15 is 0 Å². The van der Waals surface area contributed by atoms with Crippen LogP contribution >= 0.6 is 0 Å². The Morgan fingerprint density at radius 3 is 2.12 bits per heavy atom. The van der Waals surface area contributed by atoms with Crippen LogP contribution in [0.3, 0.4) is 0 Å². The van der Waals surface area contributed by atoms with E-state index in [9.17, 15) is 4.79 Å². The van der Waals surface area contributed by atoms with Crippen molar-refractivity contribution in [1.29, 1.82) is 0 Å². The number of ether oxygens (including phenoxy) is 1. The molecule has 0 aromatic rings. The van der Waals surface area contributed by atoms with Gasteiger partial charge in [-0.15, -0.1) is 6.58 Å². The van der Waals surface area contributed by atoms with Crippen molar-refractivity contribution in [2.24, 2.45) is 0 Å². The van der Waals surface area contributed by atoms with Crippen LogP contribution < -0.4 is 0 Å². The van der Waals surface area contributed by atoms with Gasteiger partial charge in [0, 0.05) is 6.42 Å². The van der Waals surface area contributed by atoms with Gasteiger partial charge in [0.05, 0.1) is 0 Å². The smallest absolute Gasteiger partial charge is 0.384 e. The van der Waals surface area contributed by atoms with E-state index in [1.807, 2.05) is 6.08 Å². The molecule has 100 valence electrons. The summed E-state index contributed by atoms with van der Waals surface area (Å²) >= 11 is 0. The van der Waals surface area contributed by atoms with E-state index in [0.29, 0.717) is 6.42 Å². The third-order valence-electron chi connectivity index (χ3n) is 2.29. The van der Waals surface area contributed by atoms with Crippen molar-refractivity contribution in [2.75, 3.05) is 0 Å². The molecule has 0 bridgehead atoms. The van der Waals surface area contributed by atoms with Crippen LogP contribution in [0, 0.1) is 0 Å². The molecule has 3 N–H and O–H groups in total. The third kappa shape index (κ3) is 13.0. The molecule has 0 fully saturated rings. The van der Waals surface area contributed by atoms with Gasteiger partial charge in [0.2, 0.25) is 0 Å². The van der Waals surface area contributed by atoms with Crippen LogP contribution in [-0.2, 0) is 9.53 Å². The van der Waals surface area contributed by atoms with Gasteiger partial charge in [-0.3, -0.25) is 4.79 Å². The lowest BCUT2D eigenvalue weighted by atomic mass is 10.1. The molecule has 0 aromatic carbocycles. The first-order chi connectivity index (χ1) is 7.95. The number of esters is 1. The number of unbranched alkanes of at least 4 members (excludes halogenated alkanes) is 6. The molecule has 5 nitrogen and oxygen atoms in total. The average Bonchev–Trinajstić information content (AvgIpc) is 2.19. The highest BCUT2D eigenvalue weighted by Gasteiger charge is 2.23. The van der Waals surface area contributed by atoms with Crippen molar-refractivity contribution < 1.29 is 24.9 Å². The van der Waals surface area contributed by atoms with Crippen LogP contribution in [0.2, 0.25) is 0 Å². The maximum Gasteiger partial charge on any atom is 0.455 e.